The molecule has 0 unspecified atom stereocenters. The topological polar surface area (TPSA) is 32.3 Å². The monoisotopic (exact) mass is 296 g/mol. The molecule has 1 saturated carbocycles. The molecule has 0 spiro atoms. The molecule has 4 rings (SSSR count). The maximum atomic E-state index is 12.9. The summed E-state index contributed by atoms with van der Waals surface area (Å²) in [5.74, 6) is 0.0843. The van der Waals surface area contributed by atoms with Crippen molar-refractivity contribution >= 4 is 11.7 Å². The van der Waals surface area contributed by atoms with Gasteiger partial charge in [-0.05, 0) is 42.2 Å². The minimum absolute atomic E-state index is 0.0282. The van der Waals surface area contributed by atoms with Gasteiger partial charge < -0.3 is 5.32 Å². The molecule has 22 heavy (non-hydrogen) atoms. The fraction of sp³-hybridized carbons (Fsp3) is 0.278. The fourth-order valence-electron chi connectivity index (χ4n) is 3.22. The minimum Gasteiger partial charge on any atom is -0.334 e. The van der Waals surface area contributed by atoms with Crippen molar-refractivity contribution in [1.29, 1.82) is 0 Å². The van der Waals surface area contributed by atoms with Gasteiger partial charge in [0.15, 0.2) is 0 Å². The maximum absolute atomic E-state index is 12.9. The number of nitrogens with zero attached hydrogens (tertiary/aromatic N) is 1. The highest BCUT2D eigenvalue weighted by atomic mass is 19.1. The Hall–Kier alpha value is -2.36. The van der Waals surface area contributed by atoms with E-state index in [-0.39, 0.29) is 17.9 Å². The van der Waals surface area contributed by atoms with Crippen LogP contribution in [0.5, 0.6) is 0 Å². The van der Waals surface area contributed by atoms with Crippen LogP contribution >= 0.6 is 0 Å². The average Bonchev–Trinajstić information content (AvgIpc) is 3.15. The van der Waals surface area contributed by atoms with E-state index in [2.05, 4.69) is 11.4 Å². The molecule has 2 aliphatic rings. The Morgan fingerprint density at radius 1 is 1.14 bits per heavy atom. The molecule has 4 heteroatoms. The number of hydrogen-bond donors (Lipinski definition) is 1. The van der Waals surface area contributed by atoms with Gasteiger partial charge in [0.2, 0.25) is 0 Å². The summed E-state index contributed by atoms with van der Waals surface area (Å²) in [7, 11) is 0. The van der Waals surface area contributed by atoms with Crippen molar-refractivity contribution in [1.82, 2.24) is 5.32 Å². The number of carbonyl (C=O) groups is 1. The molecular formula is C18H17FN2O. The Balaban J connectivity index is 1.41. The molecule has 1 fully saturated rings. The van der Waals surface area contributed by atoms with Crippen LogP contribution in [-0.4, -0.2) is 18.6 Å². The summed E-state index contributed by atoms with van der Waals surface area (Å²) < 4.78 is 12.9. The molecule has 0 saturated heterocycles. The van der Waals surface area contributed by atoms with E-state index in [1.165, 1.54) is 17.7 Å². The van der Waals surface area contributed by atoms with Crippen molar-refractivity contribution in [3.8, 4) is 0 Å². The van der Waals surface area contributed by atoms with Gasteiger partial charge in [0.05, 0.1) is 0 Å². The lowest BCUT2D eigenvalue weighted by Crippen LogP contribution is -2.40. The van der Waals surface area contributed by atoms with Crippen molar-refractivity contribution in [2.75, 3.05) is 11.4 Å². The second-order valence-electron chi connectivity index (χ2n) is 5.98. The second-order valence-corrected chi connectivity index (χ2v) is 5.98. The van der Waals surface area contributed by atoms with E-state index in [0.29, 0.717) is 5.92 Å². The third-order valence-electron chi connectivity index (χ3n) is 4.53. The Kier molecular flexibility index (Phi) is 3.10. The number of hydrogen-bond acceptors (Lipinski definition) is 1. The third-order valence-corrected chi connectivity index (χ3v) is 4.53. The largest absolute Gasteiger partial charge is 0.334 e. The van der Waals surface area contributed by atoms with Crippen molar-refractivity contribution < 1.29 is 9.18 Å². The number of anilines is 1. The Labute approximate surface area is 128 Å². The minimum atomic E-state index is -0.223. The van der Waals surface area contributed by atoms with E-state index < -0.39 is 0 Å². The number of amides is 2. The first-order chi connectivity index (χ1) is 10.7. The summed E-state index contributed by atoms with van der Waals surface area (Å²) in [5, 5.41) is 3.09. The first-order valence-electron chi connectivity index (χ1n) is 7.64. The summed E-state index contributed by atoms with van der Waals surface area (Å²) in [4.78, 5) is 14.3. The highest BCUT2D eigenvalue weighted by molar-refractivity contribution is 5.94. The van der Waals surface area contributed by atoms with Gasteiger partial charge in [0, 0.05) is 24.2 Å². The van der Waals surface area contributed by atoms with E-state index >= 15 is 0 Å². The van der Waals surface area contributed by atoms with Gasteiger partial charge in [0.25, 0.3) is 0 Å². The summed E-state index contributed by atoms with van der Waals surface area (Å²) in [5.41, 5.74) is 3.33. The molecule has 1 aliphatic heterocycles. The molecule has 0 radical (unpaired) electrons. The first-order valence-corrected chi connectivity index (χ1v) is 7.64. The molecular weight excluding hydrogens is 279 g/mol. The first kappa shape index (κ1) is 13.3. The van der Waals surface area contributed by atoms with E-state index in [1.54, 1.807) is 12.1 Å². The molecule has 2 atom stereocenters. The van der Waals surface area contributed by atoms with Crippen LogP contribution in [0.25, 0.3) is 0 Å². The molecule has 112 valence electrons. The average molecular weight is 296 g/mol. The van der Waals surface area contributed by atoms with Gasteiger partial charge in [-0.25, -0.2) is 9.18 Å². The quantitative estimate of drug-likeness (QED) is 0.904. The number of rotatable bonds is 2. The summed E-state index contributed by atoms with van der Waals surface area (Å²) >= 11 is 0. The van der Waals surface area contributed by atoms with Crippen LogP contribution in [0.2, 0.25) is 0 Å². The predicted molar refractivity (Wildman–Crippen MR) is 83.6 cm³/mol. The Morgan fingerprint density at radius 2 is 1.91 bits per heavy atom. The molecule has 2 aromatic carbocycles. The van der Waals surface area contributed by atoms with Gasteiger partial charge in [-0.3, -0.25) is 4.90 Å². The lowest BCUT2D eigenvalue weighted by atomic mass is 10.1. The van der Waals surface area contributed by atoms with Crippen LogP contribution in [-0.2, 0) is 6.42 Å². The number of benzene rings is 2. The van der Waals surface area contributed by atoms with E-state index in [9.17, 15) is 9.18 Å². The zero-order valence-electron chi connectivity index (χ0n) is 12.1. The number of fused-ring (bicyclic) bond motifs is 1. The predicted octanol–water partition coefficient (Wildman–Crippen LogP) is 3.45. The SMILES string of the molecule is O=C(N[C@@H]1C[C@H]1c1ccc(F)cc1)N1CCc2ccccc21. The summed E-state index contributed by atoms with van der Waals surface area (Å²) in [6, 6.07) is 14.7. The highest BCUT2D eigenvalue weighted by Crippen LogP contribution is 2.41. The zero-order chi connectivity index (χ0) is 15.1. The number of nitrogens with one attached hydrogen (secondary N) is 1. The third kappa shape index (κ3) is 2.34. The smallest absolute Gasteiger partial charge is 0.322 e. The van der Waals surface area contributed by atoms with Gasteiger partial charge in [0.1, 0.15) is 5.82 Å². The van der Waals surface area contributed by atoms with Crippen molar-refractivity contribution in [2.45, 2.75) is 24.8 Å². The van der Waals surface area contributed by atoms with Crippen molar-refractivity contribution in [3.05, 3.63) is 65.5 Å². The van der Waals surface area contributed by atoms with Crippen LogP contribution in [0, 0.1) is 5.82 Å². The lowest BCUT2D eigenvalue weighted by Gasteiger charge is -2.18. The van der Waals surface area contributed by atoms with E-state index in [0.717, 1.165) is 30.6 Å². The van der Waals surface area contributed by atoms with Crippen LogP contribution < -0.4 is 10.2 Å². The van der Waals surface area contributed by atoms with Crippen LogP contribution in [0.15, 0.2) is 48.5 Å². The Morgan fingerprint density at radius 3 is 2.73 bits per heavy atom. The number of carbonyl (C=O) groups excluding carboxylic acids is 1. The van der Waals surface area contributed by atoms with Gasteiger partial charge in [-0.1, -0.05) is 30.3 Å². The molecule has 2 aromatic rings. The normalized spacial score (nSPS) is 22.3. The Bertz CT molecular complexity index is 713. The zero-order valence-corrected chi connectivity index (χ0v) is 12.1. The second kappa shape index (κ2) is 5.13. The standard InChI is InChI=1S/C18H17FN2O/c19-14-7-5-12(6-8-14)15-11-16(15)20-18(22)21-10-9-13-3-1-2-4-17(13)21/h1-8,15-16H,9-11H2,(H,20,22)/t15-,16+/m0/s1. The molecule has 1 N–H and O–H groups in total. The van der Waals surface area contributed by atoms with E-state index in [1.807, 2.05) is 23.1 Å². The van der Waals surface area contributed by atoms with Crippen LogP contribution in [0.3, 0.4) is 0 Å². The molecule has 1 heterocycles. The number of para-hydroxylation sites is 1. The van der Waals surface area contributed by atoms with Gasteiger partial charge >= 0.3 is 6.03 Å². The van der Waals surface area contributed by atoms with Crippen molar-refractivity contribution in [2.24, 2.45) is 0 Å². The maximum Gasteiger partial charge on any atom is 0.322 e. The lowest BCUT2D eigenvalue weighted by molar-refractivity contribution is 0.246. The van der Waals surface area contributed by atoms with Crippen LogP contribution in [0.4, 0.5) is 14.9 Å². The van der Waals surface area contributed by atoms with Gasteiger partial charge in [-0.15, -0.1) is 0 Å². The highest BCUT2D eigenvalue weighted by Gasteiger charge is 2.40. The molecule has 0 aromatic heterocycles. The summed E-state index contributed by atoms with van der Waals surface area (Å²) in [6.07, 6.45) is 1.84. The summed E-state index contributed by atoms with van der Waals surface area (Å²) in [6.45, 7) is 0.735. The van der Waals surface area contributed by atoms with Gasteiger partial charge in [-0.2, -0.15) is 0 Å². The molecule has 0 bridgehead atoms. The molecule has 3 nitrogen and oxygen atoms in total. The molecule has 2 amide bonds. The fourth-order valence-corrected chi connectivity index (χ4v) is 3.22. The number of halogens is 1. The molecule has 1 aliphatic carbocycles. The van der Waals surface area contributed by atoms with Crippen molar-refractivity contribution in [3.63, 3.8) is 0 Å². The van der Waals surface area contributed by atoms with Crippen LogP contribution in [0.1, 0.15) is 23.5 Å². The number of urea groups is 1. The van der Waals surface area contributed by atoms with E-state index in [4.69, 9.17) is 0 Å².